The van der Waals surface area contributed by atoms with E-state index in [1.165, 1.54) is 0 Å². The van der Waals surface area contributed by atoms with Gasteiger partial charge in [0.05, 0.1) is 24.9 Å². The minimum atomic E-state index is -0.0164. The topological polar surface area (TPSA) is 64.6 Å². The summed E-state index contributed by atoms with van der Waals surface area (Å²) in [5, 5.41) is 0. The molecule has 3 heterocycles. The van der Waals surface area contributed by atoms with Crippen molar-refractivity contribution in [3.05, 3.63) is 47.8 Å². The summed E-state index contributed by atoms with van der Waals surface area (Å²) in [6.07, 6.45) is 4.06. The van der Waals surface area contributed by atoms with E-state index in [4.69, 9.17) is 9.47 Å². The Bertz CT molecular complexity index is 745. The van der Waals surface area contributed by atoms with Crippen LogP contribution in [0.5, 0.6) is 0 Å². The molecule has 4 rings (SSSR count). The zero-order valence-electron chi connectivity index (χ0n) is 14.1. The second-order valence-corrected chi connectivity index (χ2v) is 6.43. The van der Waals surface area contributed by atoms with E-state index in [0.717, 1.165) is 36.3 Å². The molecule has 6 nitrogen and oxygen atoms in total. The van der Waals surface area contributed by atoms with Crippen LogP contribution in [0.3, 0.4) is 0 Å². The fourth-order valence-electron chi connectivity index (χ4n) is 3.20. The van der Waals surface area contributed by atoms with Crippen molar-refractivity contribution in [1.29, 1.82) is 0 Å². The molecule has 0 radical (unpaired) electrons. The largest absolute Gasteiger partial charge is 0.376 e. The number of carbonyl (C=O) groups is 1. The molecule has 2 aromatic rings. The predicted octanol–water partition coefficient (Wildman–Crippen LogP) is 2.18. The van der Waals surface area contributed by atoms with Crippen molar-refractivity contribution in [3.8, 4) is 11.4 Å². The van der Waals surface area contributed by atoms with E-state index in [-0.39, 0.29) is 18.6 Å². The summed E-state index contributed by atoms with van der Waals surface area (Å²) < 4.78 is 11.0. The third-order valence-electron chi connectivity index (χ3n) is 4.59. The third-order valence-corrected chi connectivity index (χ3v) is 4.59. The first-order chi connectivity index (χ1) is 12.3. The summed E-state index contributed by atoms with van der Waals surface area (Å²) in [6.45, 7) is 2.44. The highest BCUT2D eigenvalue weighted by atomic mass is 16.5. The third kappa shape index (κ3) is 3.70. The van der Waals surface area contributed by atoms with E-state index >= 15 is 0 Å². The summed E-state index contributed by atoms with van der Waals surface area (Å²) in [6, 6.07) is 9.87. The monoisotopic (exact) mass is 339 g/mol. The van der Waals surface area contributed by atoms with Gasteiger partial charge in [-0.25, -0.2) is 9.97 Å². The minimum absolute atomic E-state index is 0.0164. The molecule has 0 saturated carbocycles. The zero-order chi connectivity index (χ0) is 17.1. The SMILES string of the molecule is O=C(COCC1CCCO1)N1Cc2cnc(-c3ccccc3)nc2C1. The molecule has 1 fully saturated rings. The van der Waals surface area contributed by atoms with Gasteiger partial charge in [0.2, 0.25) is 5.91 Å². The van der Waals surface area contributed by atoms with Crippen molar-refractivity contribution in [1.82, 2.24) is 14.9 Å². The van der Waals surface area contributed by atoms with Crippen LogP contribution >= 0.6 is 0 Å². The van der Waals surface area contributed by atoms with Gasteiger partial charge in [0.25, 0.3) is 0 Å². The molecule has 0 bridgehead atoms. The molecule has 1 atom stereocenters. The van der Waals surface area contributed by atoms with Gasteiger partial charge in [0.15, 0.2) is 5.82 Å². The number of hydrogen-bond acceptors (Lipinski definition) is 5. The van der Waals surface area contributed by atoms with Crippen molar-refractivity contribution in [2.24, 2.45) is 0 Å². The maximum Gasteiger partial charge on any atom is 0.249 e. The van der Waals surface area contributed by atoms with Crippen LogP contribution in [-0.2, 0) is 27.4 Å². The molecule has 130 valence electrons. The van der Waals surface area contributed by atoms with E-state index in [1.807, 2.05) is 36.5 Å². The summed E-state index contributed by atoms with van der Waals surface area (Å²) in [7, 11) is 0. The van der Waals surface area contributed by atoms with Gasteiger partial charge in [0.1, 0.15) is 6.61 Å². The number of nitrogens with zero attached hydrogens (tertiary/aromatic N) is 3. The molecule has 1 saturated heterocycles. The number of fused-ring (bicyclic) bond motifs is 1. The average molecular weight is 339 g/mol. The van der Waals surface area contributed by atoms with Crippen LogP contribution in [0, 0.1) is 0 Å². The Balaban J connectivity index is 1.35. The fourth-order valence-corrected chi connectivity index (χ4v) is 3.20. The number of rotatable bonds is 5. The number of ether oxygens (including phenoxy) is 2. The maximum atomic E-state index is 12.4. The molecular weight excluding hydrogens is 318 g/mol. The van der Waals surface area contributed by atoms with Crippen molar-refractivity contribution >= 4 is 5.91 Å². The maximum absolute atomic E-state index is 12.4. The lowest BCUT2D eigenvalue weighted by molar-refractivity contribution is -0.137. The Morgan fingerprint density at radius 2 is 2.16 bits per heavy atom. The first-order valence-corrected chi connectivity index (χ1v) is 8.67. The lowest BCUT2D eigenvalue weighted by atomic mass is 10.2. The quantitative estimate of drug-likeness (QED) is 0.835. The molecule has 1 aromatic heterocycles. The molecule has 6 heteroatoms. The van der Waals surface area contributed by atoms with Gasteiger partial charge in [-0.2, -0.15) is 0 Å². The summed E-state index contributed by atoms with van der Waals surface area (Å²) in [5.41, 5.74) is 2.91. The Morgan fingerprint density at radius 1 is 1.28 bits per heavy atom. The van der Waals surface area contributed by atoms with Crippen LogP contribution in [0.15, 0.2) is 36.5 Å². The fraction of sp³-hybridized carbons (Fsp3) is 0.421. The molecule has 25 heavy (non-hydrogen) atoms. The standard InChI is InChI=1S/C19H21N3O3/c23-18(13-24-12-16-7-4-8-25-16)22-10-15-9-20-19(21-17(15)11-22)14-5-2-1-3-6-14/h1-3,5-6,9,16H,4,7-8,10-13H2. The second-order valence-electron chi connectivity index (χ2n) is 6.43. The Labute approximate surface area is 146 Å². The van der Waals surface area contributed by atoms with Gasteiger partial charge >= 0.3 is 0 Å². The van der Waals surface area contributed by atoms with Gasteiger partial charge in [-0.15, -0.1) is 0 Å². The van der Waals surface area contributed by atoms with Crippen LogP contribution in [0.2, 0.25) is 0 Å². The lowest BCUT2D eigenvalue weighted by Gasteiger charge is -2.16. The summed E-state index contributed by atoms with van der Waals surface area (Å²) in [4.78, 5) is 23.2. The molecule has 1 aromatic carbocycles. The molecule has 1 unspecified atom stereocenters. The number of benzene rings is 1. The van der Waals surface area contributed by atoms with Crippen molar-refractivity contribution in [2.45, 2.75) is 32.0 Å². The van der Waals surface area contributed by atoms with Crippen molar-refractivity contribution < 1.29 is 14.3 Å². The number of amides is 1. The molecular formula is C19H21N3O3. The van der Waals surface area contributed by atoms with Crippen LogP contribution in [-0.4, -0.2) is 46.7 Å². The first-order valence-electron chi connectivity index (χ1n) is 8.67. The second kappa shape index (κ2) is 7.29. The normalized spacial score (nSPS) is 19.2. The molecule has 1 amide bonds. The average Bonchev–Trinajstić information content (AvgIpc) is 3.31. The minimum Gasteiger partial charge on any atom is -0.376 e. The zero-order valence-corrected chi connectivity index (χ0v) is 14.1. The number of carbonyl (C=O) groups excluding carboxylic acids is 1. The van der Waals surface area contributed by atoms with Crippen molar-refractivity contribution in [2.75, 3.05) is 19.8 Å². The lowest BCUT2D eigenvalue weighted by Crippen LogP contribution is -2.30. The highest BCUT2D eigenvalue weighted by molar-refractivity contribution is 5.78. The van der Waals surface area contributed by atoms with Crippen LogP contribution < -0.4 is 0 Å². The van der Waals surface area contributed by atoms with Gasteiger partial charge in [-0.1, -0.05) is 30.3 Å². The van der Waals surface area contributed by atoms with E-state index < -0.39 is 0 Å². The Kier molecular flexibility index (Phi) is 4.72. The van der Waals surface area contributed by atoms with E-state index in [2.05, 4.69) is 9.97 Å². The van der Waals surface area contributed by atoms with E-state index in [1.54, 1.807) is 4.90 Å². The van der Waals surface area contributed by atoms with Gasteiger partial charge in [-0.05, 0) is 12.8 Å². The molecule has 2 aliphatic heterocycles. The molecule has 0 N–H and O–H groups in total. The number of aromatic nitrogens is 2. The van der Waals surface area contributed by atoms with Crippen LogP contribution in [0.4, 0.5) is 0 Å². The van der Waals surface area contributed by atoms with Gasteiger partial charge < -0.3 is 14.4 Å². The Morgan fingerprint density at radius 3 is 2.96 bits per heavy atom. The van der Waals surface area contributed by atoms with Gasteiger partial charge in [-0.3, -0.25) is 4.79 Å². The molecule has 0 spiro atoms. The highest BCUT2D eigenvalue weighted by Gasteiger charge is 2.26. The Hall–Kier alpha value is -2.31. The smallest absolute Gasteiger partial charge is 0.249 e. The molecule has 2 aliphatic rings. The number of hydrogen-bond donors (Lipinski definition) is 0. The molecule has 0 aliphatic carbocycles. The summed E-state index contributed by atoms with van der Waals surface area (Å²) in [5.74, 6) is 0.681. The predicted molar refractivity (Wildman–Crippen MR) is 91.5 cm³/mol. The van der Waals surface area contributed by atoms with Crippen molar-refractivity contribution in [3.63, 3.8) is 0 Å². The first kappa shape index (κ1) is 16.2. The van der Waals surface area contributed by atoms with Gasteiger partial charge in [0, 0.05) is 30.5 Å². The highest BCUT2D eigenvalue weighted by Crippen LogP contribution is 2.23. The van der Waals surface area contributed by atoms with E-state index in [0.29, 0.717) is 25.5 Å². The van der Waals surface area contributed by atoms with E-state index in [9.17, 15) is 4.79 Å². The van der Waals surface area contributed by atoms with Crippen LogP contribution in [0.25, 0.3) is 11.4 Å². The summed E-state index contributed by atoms with van der Waals surface area (Å²) >= 11 is 0. The van der Waals surface area contributed by atoms with Crippen LogP contribution in [0.1, 0.15) is 24.1 Å².